The smallest absolute Gasteiger partial charge is 0.243 e. The van der Waals surface area contributed by atoms with Crippen LogP contribution in [0.4, 0.5) is 5.69 Å². The molecule has 268 valence electrons. The summed E-state index contributed by atoms with van der Waals surface area (Å²) < 4.78 is 13.1. The monoisotopic (exact) mass is 711 g/mol. The number of aliphatic hydroxyl groups excluding tert-OH is 1. The average molecular weight is 712 g/mol. The second-order valence-electron chi connectivity index (χ2n) is 12.5. The van der Waals surface area contributed by atoms with Crippen LogP contribution in [-0.2, 0) is 37.0 Å². The molecular formula is C40H45N3O7S. The lowest BCUT2D eigenvalue weighted by Crippen LogP contribution is -2.31. The first kappa shape index (κ1) is 37.7. The Balaban J connectivity index is 1.23. The fraction of sp³-hybridized carbons (Fsp3) is 0.325. The SMILES string of the molecule is CC(=O)Nc1ccc(SCC2CC(c3ccc(CO)cc3)OC(c3ccc(-c4ccccc4CNC(=O)CCCCCC(=O)NO)cc3)O2)cc1. The number of carbonyl (C=O) groups excluding carboxylic acids is 3. The third kappa shape index (κ3) is 11.5. The highest BCUT2D eigenvalue weighted by molar-refractivity contribution is 7.99. The Morgan fingerprint density at radius 2 is 1.49 bits per heavy atom. The molecule has 0 aliphatic carbocycles. The molecule has 5 rings (SSSR count). The molecule has 1 aliphatic heterocycles. The van der Waals surface area contributed by atoms with Crippen LogP contribution in [-0.4, -0.2) is 39.9 Å². The quantitative estimate of drug-likeness (QED) is 0.0355. The zero-order valence-electron chi connectivity index (χ0n) is 28.7. The molecule has 10 nitrogen and oxygen atoms in total. The first-order valence-electron chi connectivity index (χ1n) is 17.2. The number of carbonyl (C=O) groups is 3. The maximum Gasteiger partial charge on any atom is 0.243 e. The molecule has 11 heteroatoms. The van der Waals surface area contributed by atoms with Gasteiger partial charge in [0.05, 0.1) is 18.8 Å². The van der Waals surface area contributed by atoms with Gasteiger partial charge in [-0.1, -0.05) is 79.2 Å². The van der Waals surface area contributed by atoms with Crippen LogP contribution in [0.3, 0.4) is 0 Å². The van der Waals surface area contributed by atoms with Crippen LogP contribution in [0.2, 0.25) is 0 Å². The van der Waals surface area contributed by atoms with E-state index in [0.29, 0.717) is 38.0 Å². The van der Waals surface area contributed by atoms with E-state index in [4.69, 9.17) is 14.7 Å². The Hall–Kier alpha value is -4.52. The molecule has 51 heavy (non-hydrogen) atoms. The number of anilines is 1. The Labute approximate surface area is 302 Å². The van der Waals surface area contributed by atoms with Crippen molar-refractivity contribution in [3.8, 4) is 11.1 Å². The van der Waals surface area contributed by atoms with Gasteiger partial charge in [-0.3, -0.25) is 19.6 Å². The molecule has 0 saturated carbocycles. The normalized spacial score (nSPS) is 17.0. The van der Waals surface area contributed by atoms with E-state index < -0.39 is 12.2 Å². The van der Waals surface area contributed by atoms with E-state index in [1.165, 1.54) is 6.92 Å². The van der Waals surface area contributed by atoms with Crippen LogP contribution in [0.1, 0.15) is 80.1 Å². The molecule has 4 aromatic carbocycles. The molecule has 0 spiro atoms. The zero-order chi connectivity index (χ0) is 36.0. The topological polar surface area (TPSA) is 146 Å². The van der Waals surface area contributed by atoms with Gasteiger partial charge in [-0.15, -0.1) is 11.8 Å². The molecule has 5 N–H and O–H groups in total. The van der Waals surface area contributed by atoms with Crippen molar-refractivity contribution in [1.82, 2.24) is 10.8 Å². The van der Waals surface area contributed by atoms with Gasteiger partial charge in [-0.05, 0) is 64.9 Å². The van der Waals surface area contributed by atoms with Crippen molar-refractivity contribution in [3.63, 3.8) is 0 Å². The summed E-state index contributed by atoms with van der Waals surface area (Å²) >= 11 is 1.69. The molecule has 3 amide bonds. The number of amides is 3. The summed E-state index contributed by atoms with van der Waals surface area (Å²) in [6.45, 7) is 1.86. The maximum atomic E-state index is 12.5. The predicted octanol–water partition coefficient (Wildman–Crippen LogP) is 7.21. The van der Waals surface area contributed by atoms with Crippen molar-refractivity contribution in [2.75, 3.05) is 11.1 Å². The fourth-order valence-corrected chi connectivity index (χ4v) is 6.83. The number of unbranched alkanes of at least 4 members (excludes halogenated alkanes) is 2. The first-order chi connectivity index (χ1) is 24.8. The highest BCUT2D eigenvalue weighted by Gasteiger charge is 2.32. The van der Waals surface area contributed by atoms with E-state index in [1.54, 1.807) is 17.2 Å². The van der Waals surface area contributed by atoms with Gasteiger partial charge in [0.2, 0.25) is 17.7 Å². The number of ether oxygens (including phenoxy) is 2. The van der Waals surface area contributed by atoms with Crippen LogP contribution < -0.4 is 16.1 Å². The minimum atomic E-state index is -0.587. The van der Waals surface area contributed by atoms with Gasteiger partial charge in [0, 0.05) is 54.6 Å². The van der Waals surface area contributed by atoms with E-state index >= 15 is 0 Å². The van der Waals surface area contributed by atoms with E-state index in [0.717, 1.165) is 50.4 Å². The Morgan fingerprint density at radius 1 is 0.804 bits per heavy atom. The number of hydroxylamine groups is 1. The summed E-state index contributed by atoms with van der Waals surface area (Å²) in [5.41, 5.74) is 8.17. The third-order valence-electron chi connectivity index (χ3n) is 8.65. The second-order valence-corrected chi connectivity index (χ2v) is 13.6. The van der Waals surface area contributed by atoms with Gasteiger partial charge in [-0.2, -0.15) is 0 Å². The molecule has 0 radical (unpaired) electrons. The number of rotatable bonds is 16. The highest BCUT2D eigenvalue weighted by atomic mass is 32.2. The van der Waals surface area contributed by atoms with Gasteiger partial charge in [0.1, 0.15) is 0 Å². The van der Waals surface area contributed by atoms with Crippen molar-refractivity contribution in [2.45, 2.75) is 82.0 Å². The van der Waals surface area contributed by atoms with Gasteiger partial charge >= 0.3 is 0 Å². The van der Waals surface area contributed by atoms with Crippen molar-refractivity contribution in [2.24, 2.45) is 0 Å². The zero-order valence-corrected chi connectivity index (χ0v) is 29.5. The molecule has 1 saturated heterocycles. The number of thioether (sulfide) groups is 1. The molecular weight excluding hydrogens is 667 g/mol. The number of hydrogen-bond donors (Lipinski definition) is 5. The summed E-state index contributed by atoms with van der Waals surface area (Å²) in [5, 5.41) is 24.0. The number of hydrogen-bond acceptors (Lipinski definition) is 8. The predicted molar refractivity (Wildman–Crippen MR) is 197 cm³/mol. The standard InChI is InChI=1S/C40H45N3O7S/c1-27(45)42-33-19-21-35(22-20-33)51-26-34-23-37(30-13-11-28(25-44)12-14-30)50-40(49-34)31-17-15-29(16-18-31)36-8-6-5-7-32(36)24-41-38(46)9-3-2-4-10-39(47)43-48/h5-8,11-22,34,37,40,44,48H,2-4,9-10,23-26H2,1H3,(H,41,46)(H,42,45)(H,43,47). The van der Waals surface area contributed by atoms with Crippen molar-refractivity contribution >= 4 is 35.2 Å². The highest BCUT2D eigenvalue weighted by Crippen LogP contribution is 2.40. The lowest BCUT2D eigenvalue weighted by atomic mass is 9.97. The molecule has 3 atom stereocenters. The second kappa shape index (κ2) is 19.2. The van der Waals surface area contributed by atoms with Gasteiger partial charge in [0.25, 0.3) is 0 Å². The average Bonchev–Trinajstić information content (AvgIpc) is 3.16. The summed E-state index contributed by atoms with van der Waals surface area (Å²) in [7, 11) is 0. The van der Waals surface area contributed by atoms with Gasteiger partial charge < -0.3 is 25.2 Å². The number of nitrogens with one attached hydrogen (secondary N) is 3. The third-order valence-corrected chi connectivity index (χ3v) is 9.79. The number of aliphatic hydroxyl groups is 1. The molecule has 0 bridgehead atoms. The molecule has 3 unspecified atom stereocenters. The van der Waals surface area contributed by atoms with Gasteiger partial charge in [0.15, 0.2) is 6.29 Å². The largest absolute Gasteiger partial charge is 0.392 e. The van der Waals surface area contributed by atoms with E-state index in [9.17, 15) is 19.5 Å². The minimum Gasteiger partial charge on any atom is -0.392 e. The van der Waals surface area contributed by atoms with E-state index in [1.807, 2.05) is 97.1 Å². The first-order valence-corrected chi connectivity index (χ1v) is 18.2. The maximum absolute atomic E-state index is 12.5. The minimum absolute atomic E-state index is 0.0194. The van der Waals surface area contributed by atoms with Crippen molar-refractivity contribution < 1.29 is 34.2 Å². The van der Waals surface area contributed by atoms with Crippen LogP contribution in [0.5, 0.6) is 0 Å². The Bertz CT molecular complexity index is 1730. The molecule has 1 fully saturated rings. The number of benzene rings is 4. The Morgan fingerprint density at radius 3 is 2.18 bits per heavy atom. The summed E-state index contributed by atoms with van der Waals surface area (Å²) in [5.74, 6) is 0.140. The molecule has 4 aromatic rings. The summed E-state index contributed by atoms with van der Waals surface area (Å²) in [6.07, 6.45) is 2.40. The summed E-state index contributed by atoms with van der Waals surface area (Å²) in [4.78, 5) is 36.1. The van der Waals surface area contributed by atoms with Crippen molar-refractivity contribution in [3.05, 3.63) is 119 Å². The fourth-order valence-electron chi connectivity index (χ4n) is 5.91. The van der Waals surface area contributed by atoms with Crippen LogP contribution in [0.15, 0.2) is 102 Å². The molecule has 1 aliphatic rings. The van der Waals surface area contributed by atoms with Crippen LogP contribution in [0, 0.1) is 0 Å². The van der Waals surface area contributed by atoms with Crippen LogP contribution in [0.25, 0.3) is 11.1 Å². The van der Waals surface area contributed by atoms with Crippen LogP contribution >= 0.6 is 11.8 Å². The lowest BCUT2D eigenvalue weighted by molar-refractivity contribution is -0.245. The molecule has 1 heterocycles. The summed E-state index contributed by atoms with van der Waals surface area (Å²) in [6, 6.07) is 31.7. The van der Waals surface area contributed by atoms with Gasteiger partial charge in [-0.25, -0.2) is 5.48 Å². The van der Waals surface area contributed by atoms with E-state index in [-0.39, 0.29) is 37.0 Å². The van der Waals surface area contributed by atoms with E-state index in [2.05, 4.69) is 10.6 Å². The lowest BCUT2D eigenvalue weighted by Gasteiger charge is -2.36. The Kier molecular flexibility index (Phi) is 14.2. The molecule has 0 aromatic heterocycles. The van der Waals surface area contributed by atoms with Crippen molar-refractivity contribution in [1.29, 1.82) is 0 Å².